The Morgan fingerprint density at radius 2 is 1.88 bits per heavy atom. The predicted octanol–water partition coefficient (Wildman–Crippen LogP) is 2.34. The smallest absolute Gasteiger partial charge is 0.341 e. The number of methoxy groups -OCH3 is 2. The fourth-order valence-electron chi connectivity index (χ4n) is 1.77. The second-order valence-electron chi connectivity index (χ2n) is 3.51. The first kappa shape index (κ1) is 11.3. The molecule has 0 saturated carbocycles. The molecule has 2 aromatic carbocycles. The van der Waals surface area contributed by atoms with Gasteiger partial charge in [-0.2, -0.15) is 0 Å². The minimum atomic E-state index is -0.563. The third kappa shape index (κ3) is 1.78. The van der Waals surface area contributed by atoms with Crippen molar-refractivity contribution in [1.29, 1.82) is 0 Å². The van der Waals surface area contributed by atoms with Crippen LogP contribution >= 0.6 is 0 Å². The number of aromatic hydroxyl groups is 1. The van der Waals surface area contributed by atoms with E-state index in [0.717, 1.165) is 5.39 Å². The van der Waals surface area contributed by atoms with E-state index in [-0.39, 0.29) is 11.3 Å². The first-order valence-corrected chi connectivity index (χ1v) is 5.06. The molecular formula is C13H12O4. The zero-order valence-corrected chi connectivity index (χ0v) is 9.56. The summed E-state index contributed by atoms with van der Waals surface area (Å²) in [6, 6.07) is 8.51. The molecule has 4 nitrogen and oxygen atoms in total. The quantitative estimate of drug-likeness (QED) is 0.807. The molecule has 0 amide bonds. The van der Waals surface area contributed by atoms with Gasteiger partial charge in [-0.15, -0.1) is 0 Å². The predicted molar refractivity (Wildman–Crippen MR) is 63.5 cm³/mol. The van der Waals surface area contributed by atoms with Gasteiger partial charge in [0.15, 0.2) is 0 Å². The van der Waals surface area contributed by atoms with E-state index in [1.54, 1.807) is 31.4 Å². The number of hydrogen-bond donors (Lipinski definition) is 1. The molecule has 0 spiro atoms. The minimum Gasteiger partial charge on any atom is -0.506 e. The van der Waals surface area contributed by atoms with Crippen LogP contribution in [0.2, 0.25) is 0 Å². The highest BCUT2D eigenvalue weighted by Crippen LogP contribution is 2.34. The van der Waals surface area contributed by atoms with Crippen LogP contribution in [0.15, 0.2) is 30.3 Å². The van der Waals surface area contributed by atoms with Crippen LogP contribution in [-0.4, -0.2) is 25.3 Å². The molecule has 88 valence electrons. The molecule has 0 saturated heterocycles. The molecule has 0 aromatic heterocycles. The number of phenolic OH excluding ortho intramolecular Hbond substituents is 1. The first-order valence-electron chi connectivity index (χ1n) is 5.06. The molecule has 0 aliphatic carbocycles. The lowest BCUT2D eigenvalue weighted by molar-refractivity contribution is 0.0598. The standard InChI is InChI=1S/C13H12O4/c1-16-11-5-3-4-9-8(11)6-7-10(12(9)14)13(15)17-2/h3-7,14H,1-2H3. The van der Waals surface area contributed by atoms with Gasteiger partial charge in [0.05, 0.1) is 14.2 Å². The molecule has 0 fully saturated rings. The van der Waals surface area contributed by atoms with Crippen molar-refractivity contribution in [3.8, 4) is 11.5 Å². The lowest BCUT2D eigenvalue weighted by Crippen LogP contribution is -2.01. The molecular weight excluding hydrogens is 220 g/mol. The molecule has 0 aliphatic heterocycles. The minimum absolute atomic E-state index is 0.0896. The van der Waals surface area contributed by atoms with Crippen LogP contribution in [0.25, 0.3) is 10.8 Å². The van der Waals surface area contributed by atoms with E-state index in [0.29, 0.717) is 11.1 Å². The Hall–Kier alpha value is -2.23. The molecule has 0 bridgehead atoms. The third-order valence-corrected chi connectivity index (χ3v) is 2.62. The molecule has 17 heavy (non-hydrogen) atoms. The van der Waals surface area contributed by atoms with Gasteiger partial charge in [0.1, 0.15) is 17.1 Å². The SMILES string of the molecule is COC(=O)c1ccc2c(OC)cccc2c1O. The summed E-state index contributed by atoms with van der Waals surface area (Å²) >= 11 is 0. The van der Waals surface area contributed by atoms with E-state index >= 15 is 0 Å². The van der Waals surface area contributed by atoms with Gasteiger partial charge in [-0.3, -0.25) is 0 Å². The number of esters is 1. The molecule has 2 aromatic rings. The maximum atomic E-state index is 11.4. The van der Waals surface area contributed by atoms with E-state index in [1.165, 1.54) is 13.2 Å². The Balaban J connectivity index is 2.72. The van der Waals surface area contributed by atoms with Crippen molar-refractivity contribution < 1.29 is 19.4 Å². The van der Waals surface area contributed by atoms with Crippen LogP contribution < -0.4 is 4.74 Å². The lowest BCUT2D eigenvalue weighted by atomic mass is 10.0. The second-order valence-corrected chi connectivity index (χ2v) is 3.51. The highest BCUT2D eigenvalue weighted by molar-refractivity contribution is 6.02. The van der Waals surface area contributed by atoms with Gasteiger partial charge in [0.25, 0.3) is 0 Å². The summed E-state index contributed by atoms with van der Waals surface area (Å²) in [5, 5.41) is 11.3. The van der Waals surface area contributed by atoms with Crippen molar-refractivity contribution in [3.05, 3.63) is 35.9 Å². The molecule has 0 atom stereocenters. The number of ether oxygens (including phenoxy) is 2. The molecule has 0 heterocycles. The van der Waals surface area contributed by atoms with Crippen molar-refractivity contribution in [1.82, 2.24) is 0 Å². The largest absolute Gasteiger partial charge is 0.506 e. The van der Waals surface area contributed by atoms with Crippen molar-refractivity contribution in [2.24, 2.45) is 0 Å². The first-order chi connectivity index (χ1) is 8.19. The van der Waals surface area contributed by atoms with Gasteiger partial charge in [-0.1, -0.05) is 12.1 Å². The molecule has 0 radical (unpaired) electrons. The van der Waals surface area contributed by atoms with Crippen LogP contribution in [-0.2, 0) is 4.74 Å². The zero-order valence-electron chi connectivity index (χ0n) is 9.56. The number of carbonyl (C=O) groups is 1. The van der Waals surface area contributed by atoms with Crippen molar-refractivity contribution in [3.63, 3.8) is 0 Å². The average molecular weight is 232 g/mol. The normalized spacial score (nSPS) is 10.2. The Kier molecular flexibility index (Phi) is 2.87. The zero-order chi connectivity index (χ0) is 12.4. The van der Waals surface area contributed by atoms with E-state index < -0.39 is 5.97 Å². The fourth-order valence-corrected chi connectivity index (χ4v) is 1.77. The number of rotatable bonds is 2. The fraction of sp³-hybridized carbons (Fsp3) is 0.154. The number of fused-ring (bicyclic) bond motifs is 1. The van der Waals surface area contributed by atoms with Gasteiger partial charge in [0, 0.05) is 10.8 Å². The highest BCUT2D eigenvalue weighted by Gasteiger charge is 2.15. The topological polar surface area (TPSA) is 55.8 Å². The van der Waals surface area contributed by atoms with Crippen LogP contribution in [0.1, 0.15) is 10.4 Å². The number of benzene rings is 2. The van der Waals surface area contributed by atoms with Crippen molar-refractivity contribution in [2.75, 3.05) is 14.2 Å². The van der Waals surface area contributed by atoms with E-state index in [1.807, 2.05) is 0 Å². The Morgan fingerprint density at radius 3 is 2.53 bits per heavy atom. The monoisotopic (exact) mass is 232 g/mol. The summed E-state index contributed by atoms with van der Waals surface area (Å²) in [5.74, 6) is -0.00492. The third-order valence-electron chi connectivity index (χ3n) is 2.62. The van der Waals surface area contributed by atoms with E-state index in [2.05, 4.69) is 4.74 Å². The second kappa shape index (κ2) is 4.33. The van der Waals surface area contributed by atoms with Crippen LogP contribution in [0.3, 0.4) is 0 Å². The van der Waals surface area contributed by atoms with Gasteiger partial charge in [-0.05, 0) is 18.2 Å². The summed E-state index contributed by atoms with van der Waals surface area (Å²) in [7, 11) is 2.83. The van der Waals surface area contributed by atoms with Crippen molar-refractivity contribution in [2.45, 2.75) is 0 Å². The lowest BCUT2D eigenvalue weighted by Gasteiger charge is -2.09. The van der Waals surface area contributed by atoms with Crippen LogP contribution in [0, 0.1) is 0 Å². The Morgan fingerprint density at radius 1 is 1.12 bits per heavy atom. The summed E-state index contributed by atoms with van der Waals surface area (Å²) < 4.78 is 9.77. The molecule has 0 aliphatic rings. The molecule has 4 heteroatoms. The number of carbonyl (C=O) groups excluding carboxylic acids is 1. The maximum absolute atomic E-state index is 11.4. The summed E-state index contributed by atoms with van der Waals surface area (Å²) in [5.41, 5.74) is 0.147. The van der Waals surface area contributed by atoms with Gasteiger partial charge in [0.2, 0.25) is 0 Å². The summed E-state index contributed by atoms with van der Waals surface area (Å²) in [4.78, 5) is 11.4. The van der Waals surface area contributed by atoms with Crippen LogP contribution in [0.5, 0.6) is 11.5 Å². The summed E-state index contributed by atoms with van der Waals surface area (Å²) in [6.07, 6.45) is 0. The van der Waals surface area contributed by atoms with E-state index in [4.69, 9.17) is 4.74 Å². The molecule has 0 unspecified atom stereocenters. The van der Waals surface area contributed by atoms with Gasteiger partial charge in [-0.25, -0.2) is 4.79 Å². The van der Waals surface area contributed by atoms with Crippen LogP contribution in [0.4, 0.5) is 0 Å². The van der Waals surface area contributed by atoms with E-state index in [9.17, 15) is 9.90 Å². The van der Waals surface area contributed by atoms with Gasteiger partial charge < -0.3 is 14.6 Å². The average Bonchev–Trinajstić information content (AvgIpc) is 2.38. The number of phenols is 1. The Labute approximate surface area is 98.4 Å². The van der Waals surface area contributed by atoms with Crippen molar-refractivity contribution >= 4 is 16.7 Å². The summed E-state index contributed by atoms with van der Waals surface area (Å²) in [6.45, 7) is 0. The highest BCUT2D eigenvalue weighted by atomic mass is 16.5. The maximum Gasteiger partial charge on any atom is 0.341 e. The molecule has 2 rings (SSSR count). The Bertz CT molecular complexity index is 575. The number of hydrogen-bond acceptors (Lipinski definition) is 4. The molecule has 1 N–H and O–H groups in total. The van der Waals surface area contributed by atoms with Gasteiger partial charge >= 0.3 is 5.97 Å².